The number of fused-ring (bicyclic) bond motifs is 1. The maximum atomic E-state index is 14.2. The zero-order valence-electron chi connectivity index (χ0n) is 14.0. The number of carbonyl (C=O) groups is 1. The van der Waals surface area contributed by atoms with Crippen LogP contribution in [0.5, 0.6) is 11.5 Å². The normalized spacial score (nSPS) is 14.8. The van der Waals surface area contributed by atoms with E-state index in [9.17, 15) is 19.4 Å². The Labute approximate surface area is 149 Å². The second-order valence-corrected chi connectivity index (χ2v) is 6.44. The monoisotopic (exact) mass is 349 g/mol. The van der Waals surface area contributed by atoms with Crippen molar-refractivity contribution < 1.29 is 19.4 Å². The number of amides is 1. The number of nitrogens with one attached hydrogen (secondary N) is 1. The van der Waals surface area contributed by atoms with Crippen molar-refractivity contribution in [2.45, 2.75) is 12.3 Å². The molecule has 0 spiro atoms. The first-order valence-corrected chi connectivity index (χ1v) is 8.14. The van der Waals surface area contributed by atoms with E-state index < -0.39 is 11.2 Å². The van der Waals surface area contributed by atoms with E-state index in [2.05, 4.69) is 5.32 Å². The third-order valence-corrected chi connectivity index (χ3v) is 4.88. The highest BCUT2D eigenvalue weighted by atomic mass is 19.1. The first-order valence-electron chi connectivity index (χ1n) is 8.14. The molecular weight excluding hydrogens is 333 g/mol. The molecule has 3 N–H and O–H groups in total. The zero-order chi connectivity index (χ0) is 18.5. The topological polar surface area (TPSA) is 69.6 Å². The van der Waals surface area contributed by atoms with E-state index in [4.69, 9.17) is 0 Å². The summed E-state index contributed by atoms with van der Waals surface area (Å²) in [7, 11) is 0. The number of rotatable bonds is 2. The van der Waals surface area contributed by atoms with Crippen LogP contribution in [0.25, 0.3) is 0 Å². The number of anilines is 1. The van der Waals surface area contributed by atoms with Crippen LogP contribution in [0.2, 0.25) is 0 Å². The van der Waals surface area contributed by atoms with Gasteiger partial charge in [-0.15, -0.1) is 0 Å². The molecule has 1 heterocycles. The third-order valence-electron chi connectivity index (χ3n) is 4.88. The van der Waals surface area contributed by atoms with Crippen LogP contribution in [-0.4, -0.2) is 16.1 Å². The van der Waals surface area contributed by atoms with Crippen LogP contribution in [0.4, 0.5) is 10.1 Å². The number of aromatic hydroxyl groups is 2. The maximum Gasteiger partial charge on any atom is 0.244 e. The van der Waals surface area contributed by atoms with E-state index >= 15 is 0 Å². The van der Waals surface area contributed by atoms with Gasteiger partial charge in [0.15, 0.2) is 0 Å². The van der Waals surface area contributed by atoms with Gasteiger partial charge in [0.1, 0.15) is 22.7 Å². The molecule has 3 aromatic carbocycles. The van der Waals surface area contributed by atoms with E-state index in [0.29, 0.717) is 27.9 Å². The summed E-state index contributed by atoms with van der Waals surface area (Å²) >= 11 is 0. The minimum absolute atomic E-state index is 0.0728. The highest BCUT2D eigenvalue weighted by Crippen LogP contribution is 2.49. The molecule has 0 aromatic heterocycles. The van der Waals surface area contributed by atoms with Crippen molar-refractivity contribution >= 4 is 11.6 Å². The zero-order valence-corrected chi connectivity index (χ0v) is 14.0. The lowest BCUT2D eigenvalue weighted by molar-refractivity contribution is -0.118. The molecule has 0 saturated carbocycles. The van der Waals surface area contributed by atoms with Crippen molar-refractivity contribution in [3.8, 4) is 11.5 Å². The first kappa shape index (κ1) is 16.1. The van der Waals surface area contributed by atoms with Crippen molar-refractivity contribution in [1.82, 2.24) is 0 Å². The smallest absolute Gasteiger partial charge is 0.244 e. The molecule has 5 heteroatoms. The highest BCUT2D eigenvalue weighted by molar-refractivity contribution is 6.12. The summed E-state index contributed by atoms with van der Waals surface area (Å²) in [5, 5.41) is 22.2. The fraction of sp³-hybridized carbons (Fsp3) is 0.0952. The van der Waals surface area contributed by atoms with Gasteiger partial charge in [0.05, 0.1) is 0 Å². The predicted molar refractivity (Wildman–Crippen MR) is 95.9 cm³/mol. The standard InChI is InChI=1S/C21H16FNO3/c1-12-10-15(22)11-18-19(12)23-20(26)21(18,13-2-6-16(24)7-3-13)14-4-8-17(25)9-5-14/h2-11,24-25H,1H3,(H,23,26). The van der Waals surface area contributed by atoms with Gasteiger partial charge in [-0.2, -0.15) is 0 Å². The minimum Gasteiger partial charge on any atom is -0.508 e. The molecule has 0 saturated heterocycles. The molecule has 0 bridgehead atoms. The number of hydrogen-bond donors (Lipinski definition) is 3. The van der Waals surface area contributed by atoms with Crippen molar-refractivity contribution in [3.63, 3.8) is 0 Å². The summed E-state index contributed by atoms with van der Waals surface area (Å²) in [6.07, 6.45) is 0. The Balaban J connectivity index is 2.10. The first-order chi connectivity index (χ1) is 12.4. The fourth-order valence-corrected chi connectivity index (χ4v) is 3.70. The molecule has 3 aromatic rings. The summed E-state index contributed by atoms with van der Waals surface area (Å²) in [5.74, 6) is -0.593. The second-order valence-electron chi connectivity index (χ2n) is 6.44. The molecule has 26 heavy (non-hydrogen) atoms. The van der Waals surface area contributed by atoms with Gasteiger partial charge >= 0.3 is 0 Å². The van der Waals surface area contributed by atoms with Gasteiger partial charge in [-0.3, -0.25) is 4.79 Å². The van der Waals surface area contributed by atoms with Gasteiger partial charge in [0.25, 0.3) is 0 Å². The largest absolute Gasteiger partial charge is 0.508 e. The van der Waals surface area contributed by atoms with Crippen molar-refractivity contribution in [3.05, 3.63) is 88.7 Å². The van der Waals surface area contributed by atoms with Crippen LogP contribution in [0.15, 0.2) is 60.7 Å². The Hall–Kier alpha value is -3.34. The fourth-order valence-electron chi connectivity index (χ4n) is 3.70. The van der Waals surface area contributed by atoms with Gasteiger partial charge in [-0.25, -0.2) is 4.39 Å². The SMILES string of the molecule is Cc1cc(F)cc2c1NC(=O)C2(c1ccc(O)cc1)c1ccc(O)cc1. The van der Waals surface area contributed by atoms with E-state index in [-0.39, 0.29) is 17.4 Å². The minimum atomic E-state index is -1.27. The average Bonchev–Trinajstić information content (AvgIpc) is 2.90. The Kier molecular flexibility index (Phi) is 3.47. The molecule has 130 valence electrons. The Morgan fingerprint density at radius 2 is 1.38 bits per heavy atom. The lowest BCUT2D eigenvalue weighted by atomic mass is 9.70. The lowest BCUT2D eigenvalue weighted by Gasteiger charge is -2.29. The van der Waals surface area contributed by atoms with Crippen LogP contribution in [0, 0.1) is 12.7 Å². The van der Waals surface area contributed by atoms with Crippen molar-refractivity contribution in [1.29, 1.82) is 0 Å². The number of benzene rings is 3. The van der Waals surface area contributed by atoms with Crippen molar-refractivity contribution in [2.75, 3.05) is 5.32 Å². The quantitative estimate of drug-likeness (QED) is 0.658. The van der Waals surface area contributed by atoms with Crippen LogP contribution < -0.4 is 5.32 Å². The van der Waals surface area contributed by atoms with Crippen molar-refractivity contribution in [2.24, 2.45) is 0 Å². The summed E-state index contributed by atoms with van der Waals surface area (Å²) in [5.41, 5.74) is 1.65. The predicted octanol–water partition coefficient (Wildman–Crippen LogP) is 3.83. The van der Waals surface area contributed by atoms with Gasteiger partial charge in [-0.05, 0) is 60.0 Å². The highest BCUT2D eigenvalue weighted by Gasteiger charge is 2.50. The number of halogens is 1. The summed E-state index contributed by atoms with van der Waals surface area (Å²) < 4.78 is 14.2. The molecule has 4 rings (SSSR count). The molecule has 0 unspecified atom stereocenters. The molecule has 0 radical (unpaired) electrons. The molecule has 1 aliphatic heterocycles. The Bertz CT molecular complexity index is 965. The number of hydrogen-bond acceptors (Lipinski definition) is 3. The molecule has 0 fully saturated rings. The number of phenols is 2. The van der Waals surface area contributed by atoms with Gasteiger partial charge in [0, 0.05) is 11.3 Å². The second kappa shape index (κ2) is 5.59. The summed E-state index contributed by atoms with van der Waals surface area (Å²) in [6.45, 7) is 1.74. The Morgan fingerprint density at radius 1 is 0.885 bits per heavy atom. The van der Waals surface area contributed by atoms with Crippen LogP contribution in [-0.2, 0) is 10.2 Å². The van der Waals surface area contributed by atoms with Crippen LogP contribution in [0.1, 0.15) is 22.3 Å². The summed E-state index contributed by atoms with van der Waals surface area (Å²) in [6, 6.07) is 15.3. The Morgan fingerprint density at radius 3 is 1.88 bits per heavy atom. The molecule has 1 aliphatic rings. The van der Waals surface area contributed by atoms with E-state index in [0.717, 1.165) is 0 Å². The van der Waals surface area contributed by atoms with E-state index in [1.165, 1.54) is 36.4 Å². The maximum absolute atomic E-state index is 14.2. The molecular formula is C21H16FNO3. The van der Waals surface area contributed by atoms with Crippen LogP contribution in [0.3, 0.4) is 0 Å². The average molecular weight is 349 g/mol. The third kappa shape index (κ3) is 2.17. The van der Waals surface area contributed by atoms with Crippen LogP contribution >= 0.6 is 0 Å². The van der Waals surface area contributed by atoms with Gasteiger partial charge in [-0.1, -0.05) is 24.3 Å². The number of aryl methyl sites for hydroxylation is 1. The molecule has 4 nitrogen and oxygen atoms in total. The van der Waals surface area contributed by atoms with E-state index in [1.807, 2.05) is 0 Å². The molecule has 1 amide bonds. The lowest BCUT2D eigenvalue weighted by Crippen LogP contribution is -2.37. The van der Waals surface area contributed by atoms with Gasteiger partial charge < -0.3 is 15.5 Å². The molecule has 0 aliphatic carbocycles. The molecule has 0 atom stereocenters. The number of carbonyl (C=O) groups excluding carboxylic acids is 1. The van der Waals surface area contributed by atoms with Gasteiger partial charge in [0.2, 0.25) is 5.91 Å². The number of phenolic OH excluding ortho intramolecular Hbond substituents is 2. The van der Waals surface area contributed by atoms with E-state index in [1.54, 1.807) is 31.2 Å². The summed E-state index contributed by atoms with van der Waals surface area (Å²) in [4.78, 5) is 13.2.